The smallest absolute Gasteiger partial charge is 0.465 e. The maximum Gasteiger partial charge on any atom is 0.491 e. The lowest BCUT2D eigenvalue weighted by Gasteiger charge is -2.10. The normalized spacial score (nSPS) is 10.6. The Morgan fingerprint density at radius 3 is 2.20 bits per heavy atom. The minimum Gasteiger partial charge on any atom is -0.465 e. The number of nitrogens with zero attached hydrogens (tertiary/aromatic N) is 2. The molecule has 30 heavy (non-hydrogen) atoms. The molecule has 1 aromatic heterocycles. The fourth-order valence-electron chi connectivity index (χ4n) is 2.93. The fraction of sp³-hybridized carbons (Fsp3) is 0.105. The highest BCUT2D eigenvalue weighted by molar-refractivity contribution is 6.67. The van der Waals surface area contributed by atoms with E-state index in [9.17, 15) is 19.6 Å². The topological polar surface area (TPSA) is 111 Å². The Hall–Kier alpha value is -2.85. The molecule has 0 fully saturated rings. The summed E-state index contributed by atoms with van der Waals surface area (Å²) in [6, 6.07) is 11.4. The summed E-state index contributed by atoms with van der Waals surface area (Å²) in [6.07, 6.45) is 0. The Kier molecular flexibility index (Phi) is 6.47. The van der Waals surface area contributed by atoms with Crippen LogP contribution in [0.25, 0.3) is 16.9 Å². The highest BCUT2D eigenvalue weighted by atomic mass is 35.5. The van der Waals surface area contributed by atoms with Gasteiger partial charge in [0.25, 0.3) is 0 Å². The molecule has 0 aliphatic carbocycles. The second-order valence-electron chi connectivity index (χ2n) is 6.00. The zero-order valence-corrected chi connectivity index (χ0v) is 17.3. The monoisotopic (exact) mass is 448 g/mol. The lowest BCUT2D eigenvalue weighted by Crippen LogP contribution is -2.32. The molecule has 2 N–H and O–H groups in total. The van der Waals surface area contributed by atoms with Crippen molar-refractivity contribution >= 4 is 47.7 Å². The van der Waals surface area contributed by atoms with Gasteiger partial charge in [-0.05, 0) is 24.3 Å². The molecule has 3 aromatic rings. The van der Waals surface area contributed by atoms with Gasteiger partial charge >= 0.3 is 19.1 Å². The predicted molar refractivity (Wildman–Crippen MR) is 112 cm³/mol. The third-order valence-electron chi connectivity index (χ3n) is 4.29. The van der Waals surface area contributed by atoms with Crippen molar-refractivity contribution in [3.8, 4) is 16.9 Å². The van der Waals surface area contributed by atoms with Gasteiger partial charge in [0.15, 0.2) is 5.69 Å². The summed E-state index contributed by atoms with van der Waals surface area (Å²) in [7, 11) is 0.350. The number of hydrogen-bond donors (Lipinski definition) is 2. The molecule has 0 unspecified atom stereocenters. The van der Waals surface area contributed by atoms with E-state index in [0.29, 0.717) is 5.69 Å². The van der Waals surface area contributed by atoms with Gasteiger partial charge in [0.1, 0.15) is 11.3 Å². The van der Waals surface area contributed by atoms with Gasteiger partial charge in [-0.1, -0.05) is 41.4 Å². The number of halogens is 2. The molecule has 0 bridgehead atoms. The molecule has 0 aliphatic rings. The average Bonchev–Trinajstić information content (AvgIpc) is 3.13. The molecule has 154 valence electrons. The van der Waals surface area contributed by atoms with E-state index in [1.165, 1.54) is 23.9 Å². The molecule has 1 heterocycles. The number of esters is 2. The number of benzene rings is 2. The minimum atomic E-state index is -1.97. The zero-order valence-electron chi connectivity index (χ0n) is 15.8. The molecule has 0 amide bonds. The number of carbonyl (C=O) groups is 2. The van der Waals surface area contributed by atoms with Crippen LogP contribution in [0.4, 0.5) is 0 Å². The Labute approximate surface area is 181 Å². The van der Waals surface area contributed by atoms with E-state index >= 15 is 0 Å². The van der Waals surface area contributed by atoms with Crippen LogP contribution in [-0.4, -0.2) is 53.1 Å². The second-order valence-corrected chi connectivity index (χ2v) is 6.78. The summed E-state index contributed by atoms with van der Waals surface area (Å²) in [5, 5.41) is 23.6. The van der Waals surface area contributed by atoms with Crippen LogP contribution >= 0.6 is 23.2 Å². The molecule has 2 aromatic carbocycles. The molecule has 11 heteroatoms. The first-order chi connectivity index (χ1) is 14.3. The molecule has 8 nitrogen and oxygen atoms in total. The second kappa shape index (κ2) is 8.89. The zero-order chi connectivity index (χ0) is 22.0. The maximum atomic E-state index is 12.6. The standard InChI is InChI=1S/C19H15BCl2N2O6/c1-29-18(25)13-16(11-8-9-12(21)14(15(11)22)20(27)28)23-24(17(13)19(26)30-2)10-6-4-3-5-7-10/h3-9,27-28H,1-2H3. The van der Waals surface area contributed by atoms with Crippen LogP contribution in [0.3, 0.4) is 0 Å². The molecule has 0 saturated carbocycles. The van der Waals surface area contributed by atoms with Crippen LogP contribution in [-0.2, 0) is 9.47 Å². The summed E-state index contributed by atoms with van der Waals surface area (Å²) in [6.45, 7) is 0. The van der Waals surface area contributed by atoms with Crippen molar-refractivity contribution < 1.29 is 29.1 Å². The van der Waals surface area contributed by atoms with Crippen molar-refractivity contribution in [1.82, 2.24) is 9.78 Å². The third kappa shape index (κ3) is 3.80. The van der Waals surface area contributed by atoms with Crippen LogP contribution < -0.4 is 5.46 Å². The van der Waals surface area contributed by atoms with Gasteiger partial charge in [-0.15, -0.1) is 0 Å². The summed E-state index contributed by atoms with van der Waals surface area (Å²) in [5.41, 5.74) is 0.0554. The van der Waals surface area contributed by atoms with Crippen LogP contribution in [0.5, 0.6) is 0 Å². The molecule has 0 aliphatic heterocycles. The van der Waals surface area contributed by atoms with Gasteiger partial charge in [0, 0.05) is 16.0 Å². The van der Waals surface area contributed by atoms with Gasteiger partial charge < -0.3 is 19.5 Å². The number of carbonyl (C=O) groups excluding carboxylic acids is 2. The van der Waals surface area contributed by atoms with E-state index in [0.717, 1.165) is 7.11 Å². The van der Waals surface area contributed by atoms with Gasteiger partial charge in [0.05, 0.1) is 24.9 Å². The first-order valence-electron chi connectivity index (χ1n) is 8.51. The van der Waals surface area contributed by atoms with E-state index in [1.54, 1.807) is 30.3 Å². The van der Waals surface area contributed by atoms with Crippen LogP contribution in [0.15, 0.2) is 42.5 Å². The lowest BCUT2D eigenvalue weighted by atomic mass is 9.79. The molecule has 0 spiro atoms. The molecule has 3 rings (SSSR count). The van der Waals surface area contributed by atoms with Crippen molar-refractivity contribution in [1.29, 1.82) is 0 Å². The van der Waals surface area contributed by atoms with Crippen molar-refractivity contribution in [3.05, 3.63) is 63.8 Å². The van der Waals surface area contributed by atoms with Gasteiger partial charge in [0.2, 0.25) is 0 Å². The van der Waals surface area contributed by atoms with Gasteiger partial charge in [-0.2, -0.15) is 5.10 Å². The Morgan fingerprint density at radius 1 is 1.00 bits per heavy atom. The summed E-state index contributed by atoms with van der Waals surface area (Å²) in [5.74, 6) is -1.68. The number of aromatic nitrogens is 2. The molecule has 0 saturated heterocycles. The van der Waals surface area contributed by atoms with E-state index in [1.807, 2.05) is 0 Å². The van der Waals surface area contributed by atoms with Crippen LogP contribution in [0.2, 0.25) is 10.0 Å². The summed E-state index contributed by atoms with van der Waals surface area (Å²) < 4.78 is 10.9. The molecule has 0 radical (unpaired) electrons. The maximum absolute atomic E-state index is 12.6. The quantitative estimate of drug-likeness (QED) is 0.454. The average molecular weight is 449 g/mol. The number of methoxy groups -OCH3 is 2. The summed E-state index contributed by atoms with van der Waals surface area (Å²) >= 11 is 12.4. The fourth-order valence-corrected chi connectivity index (χ4v) is 3.59. The first kappa shape index (κ1) is 21.9. The van der Waals surface area contributed by atoms with E-state index in [2.05, 4.69) is 5.10 Å². The molecular formula is C19H15BCl2N2O6. The minimum absolute atomic E-state index is 0.00838. The van der Waals surface area contributed by atoms with Crippen molar-refractivity contribution in [2.75, 3.05) is 14.2 Å². The van der Waals surface area contributed by atoms with Crippen molar-refractivity contribution in [2.45, 2.75) is 0 Å². The SMILES string of the molecule is COC(=O)c1c(-c2ccc(Cl)c(B(O)O)c2Cl)nn(-c2ccccc2)c1C(=O)OC. The molecule has 0 atom stereocenters. The lowest BCUT2D eigenvalue weighted by molar-refractivity contribution is 0.0549. The summed E-state index contributed by atoms with van der Waals surface area (Å²) in [4.78, 5) is 25.2. The van der Waals surface area contributed by atoms with E-state index < -0.39 is 19.1 Å². The highest BCUT2D eigenvalue weighted by Crippen LogP contribution is 2.34. The van der Waals surface area contributed by atoms with Crippen molar-refractivity contribution in [2.24, 2.45) is 0 Å². The van der Waals surface area contributed by atoms with Crippen molar-refractivity contribution in [3.63, 3.8) is 0 Å². The number of hydrogen-bond acceptors (Lipinski definition) is 7. The number of rotatable bonds is 5. The Morgan fingerprint density at radius 2 is 1.63 bits per heavy atom. The van der Waals surface area contributed by atoms with Gasteiger partial charge in [-0.3, -0.25) is 0 Å². The Balaban J connectivity index is 2.41. The Bertz CT molecular complexity index is 1120. The largest absolute Gasteiger partial charge is 0.491 e. The van der Waals surface area contributed by atoms with Gasteiger partial charge in [-0.25, -0.2) is 14.3 Å². The molecular weight excluding hydrogens is 434 g/mol. The number of ether oxygens (including phenoxy) is 2. The van der Waals surface area contributed by atoms with Crippen LogP contribution in [0.1, 0.15) is 20.8 Å². The predicted octanol–water partition coefficient (Wildman–Crippen LogP) is 2.10. The highest BCUT2D eigenvalue weighted by Gasteiger charge is 2.33. The third-order valence-corrected chi connectivity index (χ3v) is 5.03. The number of para-hydroxylation sites is 1. The van der Waals surface area contributed by atoms with Crippen LogP contribution in [0, 0.1) is 0 Å². The van der Waals surface area contributed by atoms with E-state index in [4.69, 9.17) is 32.7 Å². The van der Waals surface area contributed by atoms with E-state index in [-0.39, 0.29) is 38.0 Å². The first-order valence-corrected chi connectivity index (χ1v) is 9.26.